The van der Waals surface area contributed by atoms with Crippen molar-refractivity contribution < 1.29 is 13.2 Å². The van der Waals surface area contributed by atoms with Crippen LogP contribution in [-0.2, 0) is 12.7 Å². The molecule has 0 fully saturated rings. The van der Waals surface area contributed by atoms with Gasteiger partial charge in [0.25, 0.3) is 0 Å². The van der Waals surface area contributed by atoms with Gasteiger partial charge in [-0.05, 0) is 66.8 Å². The van der Waals surface area contributed by atoms with Crippen molar-refractivity contribution in [2.75, 3.05) is 5.32 Å². The molecule has 0 saturated carbocycles. The maximum atomic E-state index is 13.5. The van der Waals surface area contributed by atoms with E-state index in [1.54, 1.807) is 6.07 Å². The number of rotatable bonds is 4. The summed E-state index contributed by atoms with van der Waals surface area (Å²) >= 11 is 0. The average molecular weight is 420 g/mol. The number of nitrogens with zero attached hydrogens (tertiary/aromatic N) is 1. The van der Waals surface area contributed by atoms with Crippen molar-refractivity contribution >= 4 is 16.6 Å². The normalized spacial score (nSPS) is 11.7. The molecule has 0 radical (unpaired) electrons. The molecular formula is C26H23F3N2. The van der Waals surface area contributed by atoms with Crippen LogP contribution in [-0.4, -0.2) is 4.98 Å². The summed E-state index contributed by atoms with van der Waals surface area (Å²) < 4.78 is 40.5. The monoisotopic (exact) mass is 420 g/mol. The molecule has 1 N–H and O–H groups in total. The molecule has 0 bridgehead atoms. The van der Waals surface area contributed by atoms with Crippen molar-refractivity contribution in [2.45, 2.75) is 33.5 Å². The molecule has 0 aliphatic heterocycles. The molecule has 0 spiro atoms. The molecular weight excluding hydrogens is 397 g/mol. The zero-order chi connectivity index (χ0) is 22.2. The van der Waals surface area contributed by atoms with Crippen molar-refractivity contribution in [2.24, 2.45) is 0 Å². The van der Waals surface area contributed by atoms with Crippen LogP contribution in [0.4, 0.5) is 18.9 Å². The van der Waals surface area contributed by atoms with E-state index in [1.807, 2.05) is 31.2 Å². The smallest absolute Gasteiger partial charge is 0.381 e. The van der Waals surface area contributed by atoms with E-state index in [4.69, 9.17) is 0 Å². The number of aromatic nitrogens is 1. The van der Waals surface area contributed by atoms with Gasteiger partial charge in [-0.3, -0.25) is 4.98 Å². The summed E-state index contributed by atoms with van der Waals surface area (Å²) in [5, 5.41) is 3.95. The average Bonchev–Trinajstić information content (AvgIpc) is 2.73. The largest absolute Gasteiger partial charge is 0.418 e. The summed E-state index contributed by atoms with van der Waals surface area (Å²) in [7, 11) is 0. The third-order valence-corrected chi connectivity index (χ3v) is 5.53. The zero-order valence-electron chi connectivity index (χ0n) is 17.6. The molecule has 5 heteroatoms. The van der Waals surface area contributed by atoms with Gasteiger partial charge in [-0.15, -0.1) is 0 Å². The minimum absolute atomic E-state index is 0.0238. The number of anilines is 1. The van der Waals surface area contributed by atoms with Crippen LogP contribution in [0.15, 0.2) is 66.9 Å². The zero-order valence-corrected chi connectivity index (χ0v) is 17.6. The Morgan fingerprint density at radius 2 is 1.65 bits per heavy atom. The highest BCUT2D eigenvalue weighted by Gasteiger charge is 2.33. The van der Waals surface area contributed by atoms with Gasteiger partial charge in [0.2, 0.25) is 0 Å². The molecule has 0 saturated heterocycles. The van der Waals surface area contributed by atoms with Crippen LogP contribution in [0.1, 0.15) is 27.8 Å². The van der Waals surface area contributed by atoms with Crippen LogP contribution in [0.25, 0.3) is 22.0 Å². The standard InChI is InChI=1S/C26H23F3N2/c1-16-10-11-17(2)20(12-16)15-30-21-7-4-6-19(13-21)24-18(3)14-31-25-22(24)8-5-9-23(25)26(27,28)29/h4-14,30H,15H2,1-3H3. The SMILES string of the molecule is Cc1ccc(C)c(CNc2cccc(-c3c(C)cnc4c(C(F)(F)F)cccc34)c2)c1. The second kappa shape index (κ2) is 8.06. The predicted octanol–water partition coefficient (Wildman–Crippen LogP) is 7.46. The van der Waals surface area contributed by atoms with Gasteiger partial charge in [0.05, 0.1) is 11.1 Å². The molecule has 158 valence electrons. The highest BCUT2D eigenvalue weighted by molar-refractivity contribution is 5.98. The van der Waals surface area contributed by atoms with E-state index in [2.05, 4.69) is 42.3 Å². The Morgan fingerprint density at radius 3 is 2.42 bits per heavy atom. The third-order valence-electron chi connectivity index (χ3n) is 5.53. The highest BCUT2D eigenvalue weighted by atomic mass is 19.4. The Bertz CT molecular complexity index is 1260. The second-order valence-electron chi connectivity index (χ2n) is 7.88. The summed E-state index contributed by atoms with van der Waals surface area (Å²) in [5.41, 5.74) is 6.26. The molecule has 0 aliphatic rings. The fourth-order valence-electron chi connectivity index (χ4n) is 3.91. The topological polar surface area (TPSA) is 24.9 Å². The highest BCUT2D eigenvalue weighted by Crippen LogP contribution is 2.38. The maximum Gasteiger partial charge on any atom is 0.418 e. The first-order valence-corrected chi connectivity index (χ1v) is 10.1. The number of nitrogens with one attached hydrogen (secondary N) is 1. The lowest BCUT2D eigenvalue weighted by molar-refractivity contribution is -0.136. The predicted molar refractivity (Wildman–Crippen MR) is 120 cm³/mol. The van der Waals surface area contributed by atoms with Crippen molar-refractivity contribution in [3.63, 3.8) is 0 Å². The maximum absolute atomic E-state index is 13.5. The lowest BCUT2D eigenvalue weighted by Gasteiger charge is -2.16. The number of para-hydroxylation sites is 1. The molecule has 0 unspecified atom stereocenters. The number of fused-ring (bicyclic) bond motifs is 1. The first-order chi connectivity index (χ1) is 14.7. The van der Waals surface area contributed by atoms with Crippen LogP contribution in [0.5, 0.6) is 0 Å². The molecule has 3 aromatic carbocycles. The molecule has 0 aliphatic carbocycles. The van der Waals surface area contributed by atoms with Gasteiger partial charge in [-0.2, -0.15) is 13.2 Å². The Balaban J connectivity index is 1.74. The van der Waals surface area contributed by atoms with Crippen molar-refractivity contribution in [3.05, 3.63) is 94.7 Å². The van der Waals surface area contributed by atoms with Gasteiger partial charge in [0.15, 0.2) is 0 Å². The van der Waals surface area contributed by atoms with E-state index < -0.39 is 11.7 Å². The summed E-state index contributed by atoms with van der Waals surface area (Å²) in [6.45, 7) is 6.69. The number of benzene rings is 3. The molecule has 1 aromatic heterocycles. The van der Waals surface area contributed by atoms with Crippen molar-refractivity contribution in [1.82, 2.24) is 4.98 Å². The summed E-state index contributed by atoms with van der Waals surface area (Å²) in [6.07, 6.45) is -2.93. The Labute approximate surface area is 179 Å². The van der Waals surface area contributed by atoms with Crippen LogP contribution in [0, 0.1) is 20.8 Å². The lowest BCUT2D eigenvalue weighted by Crippen LogP contribution is -2.07. The van der Waals surface area contributed by atoms with E-state index in [0.29, 0.717) is 11.9 Å². The van der Waals surface area contributed by atoms with Crippen LogP contribution >= 0.6 is 0 Å². The Morgan fingerprint density at radius 1 is 0.871 bits per heavy atom. The number of alkyl halides is 3. The number of halogens is 3. The minimum atomic E-state index is -4.45. The molecule has 1 heterocycles. The van der Waals surface area contributed by atoms with Gasteiger partial charge in [-0.1, -0.05) is 48.0 Å². The molecule has 0 atom stereocenters. The van der Waals surface area contributed by atoms with Gasteiger partial charge < -0.3 is 5.32 Å². The molecule has 4 aromatic rings. The fourth-order valence-corrected chi connectivity index (χ4v) is 3.91. The van der Waals surface area contributed by atoms with Gasteiger partial charge in [0.1, 0.15) is 0 Å². The van der Waals surface area contributed by atoms with Crippen LogP contribution < -0.4 is 5.32 Å². The van der Waals surface area contributed by atoms with E-state index in [1.165, 1.54) is 29.0 Å². The molecule has 4 rings (SSSR count). The van der Waals surface area contributed by atoms with Gasteiger partial charge in [-0.25, -0.2) is 0 Å². The first-order valence-electron chi connectivity index (χ1n) is 10.1. The number of hydrogen-bond donors (Lipinski definition) is 1. The summed E-state index contributed by atoms with van der Waals surface area (Å²) in [5.74, 6) is 0. The van der Waals surface area contributed by atoms with Gasteiger partial charge in [0, 0.05) is 23.8 Å². The Hall–Kier alpha value is -3.34. The molecule has 0 amide bonds. The first kappa shape index (κ1) is 20.9. The number of hydrogen-bond acceptors (Lipinski definition) is 2. The van der Waals surface area contributed by atoms with E-state index in [9.17, 15) is 13.2 Å². The van der Waals surface area contributed by atoms with Crippen molar-refractivity contribution in [3.8, 4) is 11.1 Å². The Kier molecular flexibility index (Phi) is 5.44. The minimum Gasteiger partial charge on any atom is -0.381 e. The quantitative estimate of drug-likeness (QED) is 0.371. The third kappa shape index (κ3) is 4.26. The second-order valence-corrected chi connectivity index (χ2v) is 7.88. The van der Waals surface area contributed by atoms with E-state index in [-0.39, 0.29) is 5.52 Å². The lowest BCUT2D eigenvalue weighted by atomic mass is 9.95. The van der Waals surface area contributed by atoms with E-state index in [0.717, 1.165) is 28.4 Å². The molecule has 31 heavy (non-hydrogen) atoms. The number of pyridine rings is 1. The van der Waals surface area contributed by atoms with Crippen LogP contribution in [0.3, 0.4) is 0 Å². The number of aryl methyl sites for hydroxylation is 3. The summed E-state index contributed by atoms with van der Waals surface area (Å²) in [6, 6.07) is 18.4. The van der Waals surface area contributed by atoms with E-state index >= 15 is 0 Å². The molecule has 2 nitrogen and oxygen atoms in total. The van der Waals surface area contributed by atoms with Crippen LogP contribution in [0.2, 0.25) is 0 Å². The fraction of sp³-hybridized carbons (Fsp3) is 0.192. The van der Waals surface area contributed by atoms with Gasteiger partial charge >= 0.3 is 6.18 Å². The van der Waals surface area contributed by atoms with Crippen molar-refractivity contribution in [1.29, 1.82) is 0 Å². The summed E-state index contributed by atoms with van der Waals surface area (Å²) in [4.78, 5) is 4.11.